The molecule has 3 heterocycles. The lowest BCUT2D eigenvalue weighted by molar-refractivity contribution is 0.0979. The average Bonchev–Trinajstić information content (AvgIpc) is 3.43. The standard InChI is InChI=1S/C28H25BrN4OS/c1-17(2)33(28(34)23-11-10-22(29)14-18(23)3)25-16-26(35-19(25)4)21-8-6-20(7-9-21)24-15-27-30-12-5-13-32(27)31-24/h5-17H,1-4H3. The van der Waals surface area contributed by atoms with Crippen molar-refractivity contribution in [3.63, 3.8) is 0 Å². The first-order valence-corrected chi connectivity index (χ1v) is 13.0. The van der Waals surface area contributed by atoms with Crippen molar-refractivity contribution >= 4 is 44.5 Å². The summed E-state index contributed by atoms with van der Waals surface area (Å²) in [6.07, 6.45) is 3.66. The lowest BCUT2D eigenvalue weighted by Crippen LogP contribution is -2.37. The van der Waals surface area contributed by atoms with Crippen LogP contribution in [0.5, 0.6) is 0 Å². The molecule has 5 nitrogen and oxygen atoms in total. The van der Waals surface area contributed by atoms with Gasteiger partial charge in [0.25, 0.3) is 5.91 Å². The molecule has 0 fully saturated rings. The molecule has 0 N–H and O–H groups in total. The van der Waals surface area contributed by atoms with Gasteiger partial charge in [-0.05, 0) is 69.2 Å². The number of carbonyl (C=O) groups excluding carboxylic acids is 1. The number of carbonyl (C=O) groups is 1. The van der Waals surface area contributed by atoms with Crippen LogP contribution >= 0.6 is 27.3 Å². The molecular formula is C28H25BrN4OS. The van der Waals surface area contributed by atoms with Crippen LogP contribution in [0.1, 0.15) is 34.6 Å². The van der Waals surface area contributed by atoms with Gasteiger partial charge in [-0.3, -0.25) is 4.79 Å². The second-order valence-electron chi connectivity index (χ2n) is 8.81. The van der Waals surface area contributed by atoms with Crippen LogP contribution in [0.3, 0.4) is 0 Å². The Kier molecular flexibility index (Phi) is 6.30. The number of rotatable bonds is 5. The second kappa shape index (κ2) is 9.40. The zero-order valence-electron chi connectivity index (χ0n) is 20.0. The second-order valence-corrected chi connectivity index (χ2v) is 11.0. The summed E-state index contributed by atoms with van der Waals surface area (Å²) in [5.74, 6) is 0.0215. The predicted octanol–water partition coefficient (Wildman–Crippen LogP) is 7.56. The lowest BCUT2D eigenvalue weighted by atomic mass is 10.1. The number of aryl methyl sites for hydroxylation is 2. The van der Waals surface area contributed by atoms with Crippen LogP contribution in [0.2, 0.25) is 0 Å². The number of fused-ring (bicyclic) bond motifs is 1. The largest absolute Gasteiger partial charge is 0.305 e. The first-order valence-electron chi connectivity index (χ1n) is 11.4. The van der Waals surface area contributed by atoms with Crippen LogP contribution in [0.15, 0.2) is 77.5 Å². The lowest BCUT2D eigenvalue weighted by Gasteiger charge is -2.27. The molecule has 7 heteroatoms. The third-order valence-corrected chi connectivity index (χ3v) is 7.59. The number of hydrogen-bond acceptors (Lipinski definition) is 4. The van der Waals surface area contributed by atoms with Gasteiger partial charge in [0.1, 0.15) is 0 Å². The molecule has 0 aliphatic rings. The van der Waals surface area contributed by atoms with Gasteiger partial charge < -0.3 is 4.90 Å². The summed E-state index contributed by atoms with van der Waals surface area (Å²) in [4.78, 5) is 22.1. The van der Waals surface area contributed by atoms with E-state index >= 15 is 0 Å². The van der Waals surface area contributed by atoms with Gasteiger partial charge >= 0.3 is 0 Å². The fourth-order valence-corrected chi connectivity index (χ4v) is 5.74. The van der Waals surface area contributed by atoms with E-state index in [2.05, 4.69) is 77.1 Å². The van der Waals surface area contributed by atoms with Gasteiger partial charge in [0.15, 0.2) is 5.65 Å². The van der Waals surface area contributed by atoms with Crippen LogP contribution in [-0.4, -0.2) is 26.5 Å². The minimum Gasteiger partial charge on any atom is -0.305 e. The zero-order valence-corrected chi connectivity index (χ0v) is 22.4. The van der Waals surface area contributed by atoms with Crippen molar-refractivity contribution in [2.75, 3.05) is 4.90 Å². The molecule has 0 aliphatic carbocycles. The van der Waals surface area contributed by atoms with Crippen molar-refractivity contribution in [2.45, 2.75) is 33.7 Å². The molecule has 0 saturated heterocycles. The Morgan fingerprint density at radius 1 is 1.03 bits per heavy atom. The van der Waals surface area contributed by atoms with Crippen molar-refractivity contribution < 1.29 is 4.79 Å². The van der Waals surface area contributed by atoms with Crippen molar-refractivity contribution in [1.29, 1.82) is 0 Å². The van der Waals surface area contributed by atoms with E-state index in [1.54, 1.807) is 22.0 Å². The Hall–Kier alpha value is -3.29. The number of benzene rings is 2. The smallest absolute Gasteiger partial charge is 0.258 e. The van der Waals surface area contributed by atoms with Gasteiger partial charge in [0, 0.05) is 49.9 Å². The number of hydrogen-bond donors (Lipinski definition) is 0. The highest BCUT2D eigenvalue weighted by molar-refractivity contribution is 9.10. The molecule has 5 aromatic rings. The molecular weight excluding hydrogens is 520 g/mol. The van der Waals surface area contributed by atoms with Crippen LogP contribution in [0.4, 0.5) is 5.69 Å². The molecule has 1 amide bonds. The Balaban J connectivity index is 1.46. The van der Waals surface area contributed by atoms with E-state index < -0.39 is 0 Å². The minimum atomic E-state index is 0.0215. The molecule has 5 rings (SSSR count). The Morgan fingerprint density at radius 3 is 2.46 bits per heavy atom. The first-order chi connectivity index (χ1) is 16.8. The highest BCUT2D eigenvalue weighted by Crippen LogP contribution is 2.38. The summed E-state index contributed by atoms with van der Waals surface area (Å²) >= 11 is 5.20. The molecule has 0 atom stereocenters. The fourth-order valence-electron chi connectivity index (χ4n) is 4.25. The summed E-state index contributed by atoms with van der Waals surface area (Å²) in [5.41, 5.74) is 6.51. The fraction of sp³-hybridized carbons (Fsp3) is 0.179. The molecule has 0 aliphatic heterocycles. The van der Waals surface area contributed by atoms with E-state index in [9.17, 15) is 4.79 Å². The highest BCUT2D eigenvalue weighted by Gasteiger charge is 2.25. The molecule has 3 aromatic heterocycles. The summed E-state index contributed by atoms with van der Waals surface area (Å²) < 4.78 is 2.75. The molecule has 0 saturated carbocycles. The third-order valence-electron chi connectivity index (χ3n) is 6.01. The van der Waals surface area contributed by atoms with Crippen LogP contribution in [-0.2, 0) is 0 Å². The van der Waals surface area contributed by atoms with Gasteiger partial charge in [0.2, 0.25) is 0 Å². The number of halogens is 1. The van der Waals surface area contributed by atoms with Gasteiger partial charge in [0.05, 0.1) is 11.4 Å². The van der Waals surface area contributed by atoms with E-state index in [0.717, 1.165) is 53.5 Å². The summed E-state index contributed by atoms with van der Waals surface area (Å²) in [6.45, 7) is 8.17. The van der Waals surface area contributed by atoms with Crippen molar-refractivity contribution in [3.05, 3.63) is 93.5 Å². The monoisotopic (exact) mass is 544 g/mol. The molecule has 2 aromatic carbocycles. The average molecular weight is 546 g/mol. The maximum Gasteiger partial charge on any atom is 0.258 e. The predicted molar refractivity (Wildman–Crippen MR) is 147 cm³/mol. The topological polar surface area (TPSA) is 50.5 Å². The Labute approximate surface area is 217 Å². The van der Waals surface area contributed by atoms with Crippen LogP contribution in [0.25, 0.3) is 27.3 Å². The molecule has 0 bridgehead atoms. The third kappa shape index (κ3) is 4.54. The molecule has 0 spiro atoms. The van der Waals surface area contributed by atoms with Gasteiger partial charge in [-0.1, -0.05) is 40.2 Å². The van der Waals surface area contributed by atoms with Gasteiger partial charge in [-0.15, -0.1) is 11.3 Å². The Morgan fingerprint density at radius 2 is 1.77 bits per heavy atom. The quantitative estimate of drug-likeness (QED) is 0.229. The number of aromatic nitrogens is 3. The maximum absolute atomic E-state index is 13.6. The summed E-state index contributed by atoms with van der Waals surface area (Å²) in [5, 5.41) is 4.62. The van der Waals surface area contributed by atoms with E-state index in [1.807, 2.05) is 48.4 Å². The summed E-state index contributed by atoms with van der Waals surface area (Å²) in [6, 6.07) is 20.2. The SMILES string of the molecule is Cc1cc(Br)ccc1C(=O)N(c1cc(-c2ccc(-c3cc4ncccn4n3)cc2)sc1C)C(C)C. The number of thiophene rings is 1. The van der Waals surface area contributed by atoms with Gasteiger partial charge in [-0.2, -0.15) is 5.10 Å². The van der Waals surface area contributed by atoms with E-state index in [1.165, 1.54) is 0 Å². The number of amides is 1. The molecule has 176 valence electrons. The van der Waals surface area contributed by atoms with Crippen LogP contribution in [0, 0.1) is 13.8 Å². The number of nitrogens with zero attached hydrogens (tertiary/aromatic N) is 4. The summed E-state index contributed by atoms with van der Waals surface area (Å²) in [7, 11) is 0. The highest BCUT2D eigenvalue weighted by atomic mass is 79.9. The van der Waals surface area contributed by atoms with E-state index in [-0.39, 0.29) is 11.9 Å². The van der Waals surface area contributed by atoms with Crippen molar-refractivity contribution in [2.24, 2.45) is 0 Å². The normalized spacial score (nSPS) is 11.4. The molecule has 0 radical (unpaired) electrons. The van der Waals surface area contributed by atoms with Crippen LogP contribution < -0.4 is 4.90 Å². The molecule has 35 heavy (non-hydrogen) atoms. The van der Waals surface area contributed by atoms with Crippen molar-refractivity contribution in [3.8, 4) is 21.7 Å². The maximum atomic E-state index is 13.6. The zero-order chi connectivity index (χ0) is 24.7. The van der Waals surface area contributed by atoms with E-state index in [4.69, 9.17) is 0 Å². The van der Waals surface area contributed by atoms with Crippen molar-refractivity contribution in [1.82, 2.24) is 14.6 Å². The first kappa shape index (κ1) is 23.5. The Bertz CT molecular complexity index is 1500. The molecule has 0 unspecified atom stereocenters. The van der Waals surface area contributed by atoms with E-state index in [0.29, 0.717) is 0 Å². The van der Waals surface area contributed by atoms with Gasteiger partial charge in [-0.25, -0.2) is 9.50 Å². The minimum absolute atomic E-state index is 0.0215. The number of anilines is 1.